The number of aromatic nitrogens is 2. The molecule has 7 aromatic rings. The van der Waals surface area contributed by atoms with Crippen LogP contribution in [-0.4, -0.2) is 9.55 Å². The summed E-state index contributed by atoms with van der Waals surface area (Å²) in [6, 6.07) is 46.6. The van der Waals surface area contributed by atoms with Gasteiger partial charge in [-0.2, -0.15) is 12.1 Å². The molecule has 2 aromatic heterocycles. The summed E-state index contributed by atoms with van der Waals surface area (Å²) in [6.45, 7) is 34.1. The van der Waals surface area contributed by atoms with Crippen molar-refractivity contribution in [3.8, 4) is 17.3 Å². The topological polar surface area (TPSA) is 33.5 Å². The zero-order chi connectivity index (χ0) is 44.6. The molecule has 0 amide bonds. The van der Waals surface area contributed by atoms with Crippen LogP contribution in [0.2, 0.25) is 0 Å². The van der Waals surface area contributed by atoms with E-state index in [2.05, 4.69) is 227 Å². The van der Waals surface area contributed by atoms with Gasteiger partial charge in [-0.15, -0.1) is 48.1 Å². The van der Waals surface area contributed by atoms with Gasteiger partial charge in [0.15, 0.2) is 0 Å². The van der Waals surface area contributed by atoms with Gasteiger partial charge in [-0.3, -0.25) is 0 Å². The van der Waals surface area contributed by atoms with Crippen LogP contribution < -0.4 is 14.5 Å². The Morgan fingerprint density at radius 2 is 1.16 bits per heavy atom. The SMILES string of the molecule is CC(C)(C)c1cc(N2[CH-]N(c3[c-]c(Oc4[c-]c5c(cc4)c4cc(C(C)(C)C)ccc4n5-c4cc(C(C)(C)C)ccn4)ccc3)C=C2C(C)(C)c2ccccc2)cc(C(C)(C)C)c1.[Pt]. The number of anilines is 2. The molecule has 0 saturated heterocycles. The quantitative estimate of drug-likeness (QED) is 0.149. The van der Waals surface area contributed by atoms with E-state index in [0.29, 0.717) is 11.5 Å². The van der Waals surface area contributed by atoms with Crippen molar-refractivity contribution in [1.29, 1.82) is 0 Å². The molecule has 8 rings (SSSR count). The summed E-state index contributed by atoms with van der Waals surface area (Å²) in [4.78, 5) is 9.47. The summed E-state index contributed by atoms with van der Waals surface area (Å²) >= 11 is 0. The molecule has 0 radical (unpaired) electrons. The summed E-state index contributed by atoms with van der Waals surface area (Å²) < 4.78 is 8.92. The smallest absolute Gasteiger partial charge is 0.135 e. The summed E-state index contributed by atoms with van der Waals surface area (Å²) in [5.74, 6) is 2.08. The fourth-order valence-electron chi connectivity index (χ4n) is 8.29. The molecule has 0 N–H and O–H groups in total. The van der Waals surface area contributed by atoms with Gasteiger partial charge in [0.1, 0.15) is 5.82 Å². The van der Waals surface area contributed by atoms with E-state index in [4.69, 9.17) is 9.72 Å². The van der Waals surface area contributed by atoms with Gasteiger partial charge in [0.2, 0.25) is 0 Å². The Kier molecular flexibility index (Phi) is 12.0. The zero-order valence-corrected chi connectivity index (χ0v) is 41.9. The van der Waals surface area contributed by atoms with Gasteiger partial charge in [0.05, 0.1) is 0 Å². The Balaban J connectivity index is 0.00000595. The van der Waals surface area contributed by atoms with E-state index in [9.17, 15) is 0 Å². The van der Waals surface area contributed by atoms with Crippen molar-refractivity contribution in [3.05, 3.63) is 174 Å². The Morgan fingerprint density at radius 3 is 1.79 bits per heavy atom. The second kappa shape index (κ2) is 16.5. The Bertz CT molecular complexity index is 2790. The van der Waals surface area contributed by atoms with Crippen LogP contribution in [0.3, 0.4) is 0 Å². The van der Waals surface area contributed by atoms with Crippen LogP contribution in [-0.2, 0) is 48.1 Å². The molecule has 6 heteroatoms. The minimum Gasteiger partial charge on any atom is -0.509 e. The molecular weight excluding hydrogens is 952 g/mol. The van der Waals surface area contributed by atoms with Gasteiger partial charge >= 0.3 is 0 Å². The van der Waals surface area contributed by atoms with Crippen molar-refractivity contribution in [3.63, 3.8) is 0 Å². The van der Waals surface area contributed by atoms with E-state index in [0.717, 1.165) is 33.6 Å². The summed E-state index contributed by atoms with van der Waals surface area (Å²) in [6.07, 6.45) is 4.17. The van der Waals surface area contributed by atoms with Crippen LogP contribution in [0.1, 0.15) is 125 Å². The molecule has 0 aliphatic carbocycles. The molecule has 3 heterocycles. The first-order chi connectivity index (χ1) is 29.0. The average Bonchev–Trinajstić information content (AvgIpc) is 3.80. The van der Waals surface area contributed by atoms with Crippen LogP contribution in [0.4, 0.5) is 11.4 Å². The van der Waals surface area contributed by atoms with E-state index in [1.807, 2.05) is 24.4 Å². The van der Waals surface area contributed by atoms with Crippen LogP contribution in [0.25, 0.3) is 27.6 Å². The second-order valence-electron chi connectivity index (χ2n) is 21.7. The zero-order valence-electron chi connectivity index (χ0n) is 39.6. The largest absolute Gasteiger partial charge is 0.509 e. The molecule has 63 heavy (non-hydrogen) atoms. The summed E-state index contributed by atoms with van der Waals surface area (Å²) in [5.41, 5.74) is 11.2. The van der Waals surface area contributed by atoms with Crippen molar-refractivity contribution in [1.82, 2.24) is 9.55 Å². The van der Waals surface area contributed by atoms with Crippen molar-refractivity contribution < 1.29 is 25.8 Å². The number of allylic oxidation sites excluding steroid dienone is 1. The first kappa shape index (κ1) is 45.9. The third-order valence-corrected chi connectivity index (χ3v) is 12.4. The molecule has 330 valence electrons. The van der Waals surface area contributed by atoms with Crippen LogP contribution in [0.5, 0.6) is 11.5 Å². The van der Waals surface area contributed by atoms with Crippen molar-refractivity contribution in [2.75, 3.05) is 9.80 Å². The number of rotatable bonds is 7. The molecule has 5 aromatic carbocycles. The van der Waals surface area contributed by atoms with Gasteiger partial charge in [-0.05, 0) is 91.4 Å². The van der Waals surface area contributed by atoms with Crippen LogP contribution in [0.15, 0.2) is 127 Å². The number of pyridine rings is 1. The molecule has 0 fully saturated rings. The van der Waals surface area contributed by atoms with Gasteiger partial charge in [0.25, 0.3) is 0 Å². The molecule has 5 nitrogen and oxygen atoms in total. The second-order valence-corrected chi connectivity index (χ2v) is 21.7. The van der Waals surface area contributed by atoms with Crippen LogP contribution >= 0.6 is 0 Å². The number of fused-ring (bicyclic) bond motifs is 3. The number of hydrogen-bond donors (Lipinski definition) is 0. The van der Waals surface area contributed by atoms with Crippen molar-refractivity contribution >= 4 is 33.2 Å². The van der Waals surface area contributed by atoms with Gasteiger partial charge < -0.3 is 19.1 Å². The maximum Gasteiger partial charge on any atom is 0.135 e. The molecule has 0 spiro atoms. The van der Waals surface area contributed by atoms with E-state index in [-0.39, 0.29) is 48.1 Å². The molecule has 1 aliphatic rings. The van der Waals surface area contributed by atoms with Crippen LogP contribution in [0, 0.1) is 18.8 Å². The average molecular weight is 1020 g/mol. The summed E-state index contributed by atoms with van der Waals surface area (Å²) in [7, 11) is 0. The van der Waals surface area contributed by atoms with Gasteiger partial charge in [-0.25, -0.2) is 4.98 Å². The maximum atomic E-state index is 6.69. The molecule has 1 aliphatic heterocycles. The standard InChI is InChI=1S/C57H63N4O.Pt/c1-53(2,3)39-23-26-49-48(32-39)47-25-24-46(35-50(47)61(49)52-33-40(27-28-58-52)54(4,5)6)62-45-22-18-21-43(34-45)59-36-51(57(13,14)38-19-16-15-17-20-38)60(37-59)44-30-41(55(7,8)9)29-42(31-44)56(10,11)12;/h15-33,36-37H,1-14H3;/q-3;. The predicted octanol–water partition coefficient (Wildman–Crippen LogP) is 15.0. The van der Waals surface area contributed by atoms with Gasteiger partial charge in [0, 0.05) is 61.1 Å². The minimum absolute atomic E-state index is 0. The normalized spacial score (nSPS) is 14.0. The van der Waals surface area contributed by atoms with E-state index in [1.165, 1.54) is 38.9 Å². The first-order valence-electron chi connectivity index (χ1n) is 22.0. The molecule has 0 saturated carbocycles. The molecule has 0 atom stereocenters. The monoisotopic (exact) mass is 1010 g/mol. The number of nitrogens with zero attached hydrogens (tertiary/aromatic N) is 4. The fraction of sp³-hybridized carbons (Fsp3) is 0.333. The maximum absolute atomic E-state index is 6.69. The molecule has 0 bridgehead atoms. The first-order valence-corrected chi connectivity index (χ1v) is 22.0. The Hall–Kier alpha value is -5.12. The summed E-state index contributed by atoms with van der Waals surface area (Å²) in [5, 5.41) is 2.28. The number of benzene rings is 5. The third-order valence-electron chi connectivity index (χ3n) is 12.4. The van der Waals surface area contributed by atoms with Gasteiger partial charge in [-0.1, -0.05) is 151 Å². The predicted molar refractivity (Wildman–Crippen MR) is 261 cm³/mol. The van der Waals surface area contributed by atoms with Crippen molar-refractivity contribution in [2.45, 2.75) is 124 Å². The van der Waals surface area contributed by atoms with E-state index >= 15 is 0 Å². The Morgan fingerprint density at radius 1 is 0.540 bits per heavy atom. The van der Waals surface area contributed by atoms with E-state index < -0.39 is 0 Å². The minimum atomic E-state index is -0.321. The fourth-order valence-corrected chi connectivity index (χ4v) is 8.29. The van der Waals surface area contributed by atoms with E-state index in [1.54, 1.807) is 0 Å². The molecule has 0 unspecified atom stereocenters. The number of hydrogen-bond acceptors (Lipinski definition) is 4. The number of ether oxygens (including phenoxy) is 1. The molecular formula is C57H63N4OPt-3. The third kappa shape index (κ3) is 9.14. The Labute approximate surface area is 391 Å². The van der Waals surface area contributed by atoms with Crippen molar-refractivity contribution in [2.24, 2.45) is 0 Å².